The summed E-state index contributed by atoms with van der Waals surface area (Å²) in [5.41, 5.74) is 3.34. The average molecular weight is 341 g/mol. The number of fused-ring (bicyclic) bond motifs is 1. The molecule has 0 saturated heterocycles. The molecule has 0 spiro atoms. The molecule has 1 aliphatic rings. The summed E-state index contributed by atoms with van der Waals surface area (Å²) in [6.07, 6.45) is 3.58. The molecule has 0 heterocycles. The Morgan fingerprint density at radius 2 is 1.74 bits per heavy atom. The van der Waals surface area contributed by atoms with Crippen molar-refractivity contribution in [1.29, 1.82) is 0 Å². The molecule has 116 valence electrons. The number of allylic oxidation sites excluding steroid dienone is 1. The van der Waals surface area contributed by atoms with Crippen molar-refractivity contribution >= 4 is 45.5 Å². The van der Waals surface area contributed by atoms with Crippen molar-refractivity contribution in [3.05, 3.63) is 65.7 Å². The molecule has 3 nitrogen and oxygen atoms in total. The van der Waals surface area contributed by atoms with Crippen molar-refractivity contribution in [3.63, 3.8) is 0 Å². The number of ketones is 1. The quantitative estimate of drug-likeness (QED) is 0.773. The van der Waals surface area contributed by atoms with Crippen LogP contribution in [-0.4, -0.2) is 23.5 Å². The molecule has 0 amide bonds. The van der Waals surface area contributed by atoms with Crippen LogP contribution < -0.4 is 9.64 Å². The minimum absolute atomic E-state index is 0.0121. The summed E-state index contributed by atoms with van der Waals surface area (Å²) in [4.78, 5) is 14.2. The third kappa shape index (κ3) is 2.90. The fraction of sp³-hybridized carbons (Fsp3) is 0.111. The van der Waals surface area contributed by atoms with Gasteiger partial charge in [-0.25, -0.2) is 0 Å². The van der Waals surface area contributed by atoms with Gasteiger partial charge in [0.25, 0.3) is 0 Å². The molecule has 0 saturated carbocycles. The minimum Gasteiger partial charge on any atom is -0.497 e. The average Bonchev–Trinajstić information content (AvgIpc) is 2.93. The maximum Gasteiger partial charge on any atom is 0.188 e. The minimum atomic E-state index is 0.0121. The van der Waals surface area contributed by atoms with Crippen LogP contribution in [0.1, 0.15) is 15.9 Å². The van der Waals surface area contributed by atoms with Crippen LogP contribution in [0.2, 0.25) is 0 Å². The number of anilines is 1. The standard InChI is InChI=1S/C18H15NO2S2/c1-21-13-9-7-12(8-10-13)19(18(22)23-2)16-11-17(20)15-6-4-3-5-14(15)16/h3-11H,1-2H3. The van der Waals surface area contributed by atoms with Gasteiger partial charge < -0.3 is 4.74 Å². The van der Waals surface area contributed by atoms with Crippen molar-refractivity contribution in [2.24, 2.45) is 0 Å². The van der Waals surface area contributed by atoms with E-state index >= 15 is 0 Å². The second kappa shape index (κ2) is 6.56. The number of thioether (sulfide) groups is 1. The summed E-state index contributed by atoms with van der Waals surface area (Å²) in [5.74, 6) is 0.790. The molecule has 23 heavy (non-hydrogen) atoms. The van der Waals surface area contributed by atoms with Gasteiger partial charge in [0, 0.05) is 22.9 Å². The molecule has 1 aliphatic carbocycles. The van der Waals surface area contributed by atoms with E-state index in [-0.39, 0.29) is 5.78 Å². The van der Waals surface area contributed by atoms with Gasteiger partial charge in [0.2, 0.25) is 0 Å². The van der Waals surface area contributed by atoms with E-state index in [1.165, 1.54) is 11.8 Å². The zero-order valence-electron chi connectivity index (χ0n) is 12.8. The first-order valence-corrected chi connectivity index (χ1v) is 8.66. The number of nitrogens with zero attached hydrogens (tertiary/aromatic N) is 1. The molecule has 0 N–H and O–H groups in total. The fourth-order valence-electron chi connectivity index (χ4n) is 2.55. The first kappa shape index (κ1) is 15.8. The lowest BCUT2D eigenvalue weighted by Crippen LogP contribution is -2.24. The molecular formula is C18H15NO2S2. The maximum atomic E-state index is 12.2. The zero-order valence-corrected chi connectivity index (χ0v) is 14.4. The number of carbonyl (C=O) groups excluding carboxylic acids is 1. The lowest BCUT2D eigenvalue weighted by Gasteiger charge is -2.26. The van der Waals surface area contributed by atoms with Crippen LogP contribution in [0.15, 0.2) is 54.6 Å². The number of methoxy groups -OCH3 is 1. The smallest absolute Gasteiger partial charge is 0.188 e. The van der Waals surface area contributed by atoms with E-state index in [9.17, 15) is 4.79 Å². The van der Waals surface area contributed by atoms with E-state index in [4.69, 9.17) is 17.0 Å². The van der Waals surface area contributed by atoms with E-state index in [0.29, 0.717) is 9.88 Å². The van der Waals surface area contributed by atoms with E-state index in [0.717, 1.165) is 22.7 Å². The maximum absolute atomic E-state index is 12.2. The Morgan fingerprint density at radius 3 is 2.35 bits per heavy atom. The van der Waals surface area contributed by atoms with Gasteiger partial charge in [-0.2, -0.15) is 0 Å². The van der Waals surface area contributed by atoms with E-state index < -0.39 is 0 Å². The molecular weight excluding hydrogens is 326 g/mol. The van der Waals surface area contributed by atoms with E-state index in [1.807, 2.05) is 59.7 Å². The van der Waals surface area contributed by atoms with Crippen LogP contribution in [0.25, 0.3) is 5.70 Å². The number of rotatable bonds is 3. The Bertz CT molecular complexity index is 797. The highest BCUT2D eigenvalue weighted by molar-refractivity contribution is 8.23. The van der Waals surface area contributed by atoms with Crippen molar-refractivity contribution in [3.8, 4) is 5.75 Å². The van der Waals surface area contributed by atoms with Crippen LogP contribution in [0, 0.1) is 0 Å². The Labute approximate surface area is 144 Å². The molecule has 5 heteroatoms. The van der Waals surface area contributed by atoms with Crippen LogP contribution >= 0.6 is 24.0 Å². The highest BCUT2D eigenvalue weighted by atomic mass is 32.2. The third-order valence-electron chi connectivity index (χ3n) is 3.67. The van der Waals surface area contributed by atoms with Gasteiger partial charge in [-0.15, -0.1) is 0 Å². The lowest BCUT2D eigenvalue weighted by molar-refractivity contribution is 0.105. The Morgan fingerprint density at radius 1 is 1.09 bits per heavy atom. The summed E-state index contributed by atoms with van der Waals surface area (Å²) in [5, 5.41) is 0. The molecule has 2 aromatic carbocycles. The Kier molecular flexibility index (Phi) is 4.50. The highest BCUT2D eigenvalue weighted by Crippen LogP contribution is 2.35. The third-order valence-corrected chi connectivity index (χ3v) is 4.88. The molecule has 0 aromatic heterocycles. The van der Waals surface area contributed by atoms with Crippen LogP contribution in [0.4, 0.5) is 5.69 Å². The first-order chi connectivity index (χ1) is 11.2. The van der Waals surface area contributed by atoms with Crippen molar-refractivity contribution in [2.45, 2.75) is 0 Å². The molecule has 3 rings (SSSR count). The number of hydrogen-bond acceptors (Lipinski definition) is 4. The summed E-state index contributed by atoms with van der Waals surface area (Å²) in [6.45, 7) is 0. The fourth-order valence-corrected chi connectivity index (χ4v) is 3.14. The Hall–Kier alpha value is -2.11. The van der Waals surface area contributed by atoms with Gasteiger partial charge in [0.1, 0.15) is 10.1 Å². The molecule has 0 fully saturated rings. The van der Waals surface area contributed by atoms with Gasteiger partial charge in [-0.1, -0.05) is 48.2 Å². The number of carbonyl (C=O) groups is 1. The summed E-state index contributed by atoms with van der Waals surface area (Å²) >= 11 is 7.00. The number of hydrogen-bond donors (Lipinski definition) is 0. The summed E-state index contributed by atoms with van der Waals surface area (Å²) < 4.78 is 5.90. The second-order valence-corrected chi connectivity index (χ2v) is 6.38. The van der Waals surface area contributed by atoms with Gasteiger partial charge >= 0.3 is 0 Å². The Balaban J connectivity index is 2.09. The van der Waals surface area contributed by atoms with Crippen molar-refractivity contribution < 1.29 is 9.53 Å². The van der Waals surface area contributed by atoms with Gasteiger partial charge in [-0.05, 0) is 30.5 Å². The molecule has 0 atom stereocenters. The van der Waals surface area contributed by atoms with E-state index in [1.54, 1.807) is 13.2 Å². The highest BCUT2D eigenvalue weighted by Gasteiger charge is 2.27. The molecule has 0 unspecified atom stereocenters. The van der Waals surface area contributed by atoms with Crippen LogP contribution in [-0.2, 0) is 0 Å². The van der Waals surface area contributed by atoms with Gasteiger partial charge in [0.05, 0.1) is 12.8 Å². The molecule has 0 radical (unpaired) electrons. The molecule has 0 aliphatic heterocycles. The normalized spacial score (nSPS) is 12.6. The van der Waals surface area contributed by atoms with Gasteiger partial charge in [-0.3, -0.25) is 9.69 Å². The van der Waals surface area contributed by atoms with Crippen LogP contribution in [0.3, 0.4) is 0 Å². The monoisotopic (exact) mass is 341 g/mol. The van der Waals surface area contributed by atoms with E-state index in [2.05, 4.69) is 0 Å². The number of thiocarbonyl (C=S) groups is 1. The summed E-state index contributed by atoms with van der Waals surface area (Å²) in [6, 6.07) is 15.2. The van der Waals surface area contributed by atoms with Crippen molar-refractivity contribution in [1.82, 2.24) is 0 Å². The lowest BCUT2D eigenvalue weighted by atomic mass is 10.1. The molecule has 2 aromatic rings. The van der Waals surface area contributed by atoms with Crippen molar-refractivity contribution in [2.75, 3.05) is 18.3 Å². The summed E-state index contributed by atoms with van der Waals surface area (Å²) in [7, 11) is 1.63. The number of benzene rings is 2. The topological polar surface area (TPSA) is 29.5 Å². The first-order valence-electron chi connectivity index (χ1n) is 7.03. The SMILES string of the molecule is COc1ccc(N(C(=S)SC)C2=CC(=O)c3ccccc32)cc1. The van der Waals surface area contributed by atoms with Crippen LogP contribution in [0.5, 0.6) is 5.75 Å². The predicted molar refractivity (Wildman–Crippen MR) is 100 cm³/mol. The zero-order chi connectivity index (χ0) is 16.4. The molecule has 0 bridgehead atoms. The number of ether oxygens (including phenoxy) is 1. The predicted octanol–water partition coefficient (Wildman–Crippen LogP) is 4.39. The van der Waals surface area contributed by atoms with Gasteiger partial charge in [0.15, 0.2) is 5.78 Å². The second-order valence-electron chi connectivity index (χ2n) is 4.94. The largest absolute Gasteiger partial charge is 0.497 e.